The summed E-state index contributed by atoms with van der Waals surface area (Å²) >= 11 is 0. The Morgan fingerprint density at radius 1 is 1.47 bits per heavy atom. The summed E-state index contributed by atoms with van der Waals surface area (Å²) in [6.45, 7) is 1.90. The summed E-state index contributed by atoms with van der Waals surface area (Å²) in [5, 5.41) is 11.8. The lowest BCUT2D eigenvalue weighted by atomic mass is 9.66. The van der Waals surface area contributed by atoms with Crippen molar-refractivity contribution in [1.82, 2.24) is 4.90 Å². The van der Waals surface area contributed by atoms with Gasteiger partial charge in [0.05, 0.1) is 11.5 Å². The van der Waals surface area contributed by atoms with E-state index in [1.165, 1.54) is 0 Å². The summed E-state index contributed by atoms with van der Waals surface area (Å²) in [5.74, 6) is -0.318. The van der Waals surface area contributed by atoms with E-state index in [0.717, 1.165) is 6.42 Å². The zero-order chi connectivity index (χ0) is 14.3. The number of amidine groups is 1. The fourth-order valence-corrected chi connectivity index (χ4v) is 4.34. The third-order valence-electron chi connectivity index (χ3n) is 4.15. The van der Waals surface area contributed by atoms with E-state index in [0.29, 0.717) is 12.8 Å². The van der Waals surface area contributed by atoms with E-state index >= 15 is 0 Å². The van der Waals surface area contributed by atoms with E-state index < -0.39 is 15.3 Å². The fraction of sp³-hybridized carbons (Fsp3) is 0.818. The lowest BCUT2D eigenvalue weighted by Gasteiger charge is -2.45. The highest BCUT2D eigenvalue weighted by atomic mass is 32.2. The van der Waals surface area contributed by atoms with Gasteiger partial charge in [0.1, 0.15) is 5.41 Å². The van der Waals surface area contributed by atoms with Gasteiger partial charge in [0, 0.05) is 12.6 Å². The second-order valence-corrected chi connectivity index (χ2v) is 7.61. The smallest absolute Gasteiger partial charge is 0.236 e. The summed E-state index contributed by atoms with van der Waals surface area (Å²) in [5.41, 5.74) is 4.73. The molecule has 1 saturated heterocycles. The van der Waals surface area contributed by atoms with Gasteiger partial charge in [-0.05, 0) is 19.8 Å². The van der Waals surface area contributed by atoms with Gasteiger partial charge in [-0.3, -0.25) is 4.79 Å². The fourth-order valence-electron chi connectivity index (χ4n) is 2.78. The van der Waals surface area contributed by atoms with Gasteiger partial charge in [0.25, 0.3) is 0 Å². The van der Waals surface area contributed by atoms with Gasteiger partial charge in [0.15, 0.2) is 15.7 Å². The van der Waals surface area contributed by atoms with E-state index in [4.69, 9.17) is 10.9 Å². The minimum Gasteiger partial charge on any atom is -0.409 e. The number of hydrogen-bond acceptors (Lipinski definition) is 5. The van der Waals surface area contributed by atoms with Crippen LogP contribution in [0, 0.1) is 5.41 Å². The Balaban J connectivity index is 2.20. The molecule has 1 unspecified atom stereocenters. The highest BCUT2D eigenvalue weighted by molar-refractivity contribution is 7.91. The first-order valence-corrected chi connectivity index (χ1v) is 8.14. The number of amides is 1. The van der Waals surface area contributed by atoms with Crippen molar-refractivity contribution in [2.45, 2.75) is 32.2 Å². The number of nitrogens with zero attached hydrogens (tertiary/aromatic N) is 2. The Morgan fingerprint density at radius 3 is 2.53 bits per heavy atom. The van der Waals surface area contributed by atoms with Gasteiger partial charge in [0.2, 0.25) is 5.91 Å². The zero-order valence-corrected chi connectivity index (χ0v) is 11.7. The first-order valence-electron chi connectivity index (χ1n) is 6.32. The number of sulfone groups is 1. The Bertz CT molecular complexity index is 510. The Kier molecular flexibility index (Phi) is 3.46. The van der Waals surface area contributed by atoms with Crippen LogP contribution in [0.25, 0.3) is 0 Å². The van der Waals surface area contributed by atoms with Crippen molar-refractivity contribution in [1.29, 1.82) is 0 Å². The van der Waals surface area contributed by atoms with Crippen LogP contribution in [0.2, 0.25) is 0 Å². The van der Waals surface area contributed by atoms with Crippen molar-refractivity contribution < 1.29 is 18.4 Å². The molecule has 19 heavy (non-hydrogen) atoms. The monoisotopic (exact) mass is 289 g/mol. The van der Waals surface area contributed by atoms with Crippen LogP contribution in [0.15, 0.2) is 5.16 Å². The molecule has 1 atom stereocenters. The normalized spacial score (nSPS) is 29.6. The molecule has 0 aromatic heterocycles. The van der Waals surface area contributed by atoms with Gasteiger partial charge in [-0.1, -0.05) is 11.6 Å². The van der Waals surface area contributed by atoms with Crippen molar-refractivity contribution >= 4 is 21.6 Å². The zero-order valence-electron chi connectivity index (χ0n) is 10.9. The second kappa shape index (κ2) is 4.66. The number of carbonyl (C=O) groups is 1. The van der Waals surface area contributed by atoms with Crippen LogP contribution in [0.4, 0.5) is 0 Å². The third-order valence-corrected chi connectivity index (χ3v) is 5.94. The molecule has 108 valence electrons. The molecule has 0 bridgehead atoms. The van der Waals surface area contributed by atoms with E-state index in [9.17, 15) is 13.2 Å². The predicted molar refractivity (Wildman–Crippen MR) is 69.5 cm³/mol. The van der Waals surface area contributed by atoms with Crippen molar-refractivity contribution in [3.8, 4) is 0 Å². The summed E-state index contributed by atoms with van der Waals surface area (Å²) in [4.78, 5) is 14.1. The predicted octanol–water partition coefficient (Wildman–Crippen LogP) is -0.451. The molecular formula is C11H19N3O4S. The minimum absolute atomic E-state index is 0.0185. The van der Waals surface area contributed by atoms with Gasteiger partial charge in [-0.25, -0.2) is 8.42 Å². The van der Waals surface area contributed by atoms with Crippen LogP contribution >= 0.6 is 0 Å². The topological polar surface area (TPSA) is 113 Å². The number of hydrogen-bond donors (Lipinski definition) is 2. The molecule has 0 aromatic rings. The first kappa shape index (κ1) is 14.1. The van der Waals surface area contributed by atoms with E-state index in [2.05, 4.69) is 5.16 Å². The van der Waals surface area contributed by atoms with Crippen molar-refractivity contribution in [2.75, 3.05) is 18.1 Å². The molecule has 0 aromatic carbocycles. The molecule has 0 spiro atoms. The number of carbonyl (C=O) groups excluding carboxylic acids is 1. The number of nitrogens with two attached hydrogens (primary N) is 1. The summed E-state index contributed by atoms with van der Waals surface area (Å²) < 4.78 is 23.1. The van der Waals surface area contributed by atoms with E-state index in [1.54, 1.807) is 11.8 Å². The minimum atomic E-state index is -3.06. The van der Waals surface area contributed by atoms with Gasteiger partial charge in [-0.15, -0.1) is 0 Å². The lowest BCUT2D eigenvalue weighted by Crippen LogP contribution is -2.60. The van der Waals surface area contributed by atoms with Crippen molar-refractivity contribution in [3.63, 3.8) is 0 Å². The van der Waals surface area contributed by atoms with E-state index in [1.807, 2.05) is 0 Å². The molecule has 1 heterocycles. The van der Waals surface area contributed by atoms with Crippen LogP contribution < -0.4 is 5.73 Å². The third kappa shape index (κ3) is 2.29. The van der Waals surface area contributed by atoms with Gasteiger partial charge in [-0.2, -0.15) is 0 Å². The molecule has 2 fully saturated rings. The standard InChI is InChI=1S/C11H19N3O4S/c1-8-7-19(17,18)6-5-14(8)10(15)11(3-2-4-11)9(12)13-16/h8,16H,2-7H2,1H3,(H2,12,13). The molecule has 7 nitrogen and oxygen atoms in total. The largest absolute Gasteiger partial charge is 0.409 e. The molecule has 3 N–H and O–H groups in total. The van der Waals surface area contributed by atoms with Gasteiger partial charge < -0.3 is 15.8 Å². The van der Waals surface area contributed by atoms with Crippen LogP contribution in [0.5, 0.6) is 0 Å². The molecule has 1 amide bonds. The van der Waals surface area contributed by atoms with Crippen LogP contribution in [-0.2, 0) is 14.6 Å². The number of oxime groups is 1. The Hall–Kier alpha value is -1.31. The molecule has 1 aliphatic carbocycles. The Labute approximate surface area is 112 Å². The maximum Gasteiger partial charge on any atom is 0.236 e. The first-order chi connectivity index (χ1) is 8.82. The molecule has 8 heteroatoms. The van der Waals surface area contributed by atoms with E-state index in [-0.39, 0.29) is 35.8 Å². The summed E-state index contributed by atoms with van der Waals surface area (Å²) in [6, 6.07) is -0.366. The quantitative estimate of drug-likeness (QED) is 0.309. The Morgan fingerprint density at radius 2 is 2.11 bits per heavy atom. The SMILES string of the molecule is CC1CS(=O)(=O)CCN1C(=O)C1(C(N)=NO)CCC1. The lowest BCUT2D eigenvalue weighted by molar-refractivity contribution is -0.143. The molecular weight excluding hydrogens is 270 g/mol. The molecule has 2 rings (SSSR count). The highest BCUT2D eigenvalue weighted by Crippen LogP contribution is 2.43. The van der Waals surface area contributed by atoms with Crippen molar-refractivity contribution in [2.24, 2.45) is 16.3 Å². The summed E-state index contributed by atoms with van der Waals surface area (Å²) in [6.07, 6.45) is 1.96. The molecule has 1 saturated carbocycles. The molecule has 1 aliphatic heterocycles. The number of rotatable bonds is 2. The average molecular weight is 289 g/mol. The maximum atomic E-state index is 12.6. The van der Waals surface area contributed by atoms with Crippen LogP contribution in [0.3, 0.4) is 0 Å². The molecule has 2 aliphatic rings. The van der Waals surface area contributed by atoms with Crippen LogP contribution in [-0.4, -0.2) is 54.4 Å². The summed E-state index contributed by atoms with van der Waals surface area (Å²) in [7, 11) is -3.06. The highest BCUT2D eigenvalue weighted by Gasteiger charge is 2.51. The average Bonchev–Trinajstić information content (AvgIpc) is 2.25. The molecule has 0 radical (unpaired) electrons. The van der Waals surface area contributed by atoms with Crippen LogP contribution in [0.1, 0.15) is 26.2 Å². The second-order valence-electron chi connectivity index (χ2n) is 5.38. The van der Waals surface area contributed by atoms with Crippen molar-refractivity contribution in [3.05, 3.63) is 0 Å². The van der Waals surface area contributed by atoms with Gasteiger partial charge >= 0.3 is 0 Å². The maximum absolute atomic E-state index is 12.6.